The maximum absolute atomic E-state index is 13.8. The predicted molar refractivity (Wildman–Crippen MR) is 120 cm³/mol. The summed E-state index contributed by atoms with van der Waals surface area (Å²) >= 11 is 0. The maximum Gasteiger partial charge on any atom is 0.338 e. The molecule has 0 aromatic heterocycles. The second-order valence-corrected chi connectivity index (χ2v) is 9.75. The van der Waals surface area contributed by atoms with Gasteiger partial charge < -0.3 is 14.8 Å². The lowest BCUT2D eigenvalue weighted by Gasteiger charge is -2.21. The zero-order chi connectivity index (χ0) is 24.9. The molecule has 0 saturated carbocycles. The van der Waals surface area contributed by atoms with E-state index in [-0.39, 0.29) is 21.9 Å². The van der Waals surface area contributed by atoms with Crippen molar-refractivity contribution in [3.05, 3.63) is 53.6 Å². The van der Waals surface area contributed by atoms with Crippen molar-refractivity contribution in [2.45, 2.75) is 43.6 Å². The Bertz CT molecular complexity index is 1160. The summed E-state index contributed by atoms with van der Waals surface area (Å²) < 4.78 is 65.0. The van der Waals surface area contributed by atoms with Crippen LogP contribution in [0.5, 0.6) is 5.75 Å². The zero-order valence-electron chi connectivity index (χ0n) is 18.8. The van der Waals surface area contributed by atoms with Gasteiger partial charge >= 0.3 is 5.97 Å². The van der Waals surface area contributed by atoms with Gasteiger partial charge in [-0.15, -0.1) is 0 Å². The first kappa shape index (κ1) is 25.6. The quantitative estimate of drug-likeness (QED) is 0.587. The summed E-state index contributed by atoms with van der Waals surface area (Å²) in [5, 5.41) is 2.22. The SMILES string of the molecule is COc1ccc(C(=O)OC(C)C(=O)Nc2ccc(F)cc2F)cc1S(=O)(=O)N1CCCCCC1. The number of ether oxygens (including phenoxy) is 2. The number of sulfonamides is 1. The van der Waals surface area contributed by atoms with Crippen LogP contribution in [0.15, 0.2) is 41.3 Å². The van der Waals surface area contributed by atoms with Crippen molar-refractivity contribution in [2.75, 3.05) is 25.5 Å². The third kappa shape index (κ3) is 5.89. The highest BCUT2D eigenvalue weighted by atomic mass is 32.2. The number of amides is 1. The number of halogens is 2. The van der Waals surface area contributed by atoms with Crippen LogP contribution in [0.3, 0.4) is 0 Å². The van der Waals surface area contributed by atoms with Crippen LogP contribution in [0.2, 0.25) is 0 Å². The Morgan fingerprint density at radius 1 is 1.03 bits per heavy atom. The molecular formula is C23H26F2N2O6S. The molecule has 2 aromatic rings. The van der Waals surface area contributed by atoms with Crippen LogP contribution in [-0.4, -0.2) is 50.9 Å². The molecule has 2 aromatic carbocycles. The van der Waals surface area contributed by atoms with E-state index in [9.17, 15) is 26.8 Å². The number of nitrogens with zero attached hydrogens (tertiary/aromatic N) is 1. The lowest BCUT2D eigenvalue weighted by molar-refractivity contribution is -0.123. The highest BCUT2D eigenvalue weighted by Gasteiger charge is 2.30. The smallest absolute Gasteiger partial charge is 0.338 e. The number of benzene rings is 2. The second kappa shape index (κ2) is 10.9. The van der Waals surface area contributed by atoms with Gasteiger partial charge in [-0.2, -0.15) is 4.31 Å². The number of hydrogen-bond acceptors (Lipinski definition) is 6. The van der Waals surface area contributed by atoms with E-state index in [2.05, 4.69) is 5.32 Å². The molecule has 0 radical (unpaired) electrons. The Balaban J connectivity index is 1.77. The first-order chi connectivity index (χ1) is 16.1. The third-order valence-corrected chi connectivity index (χ3v) is 7.34. The minimum atomic E-state index is -3.93. The average Bonchev–Trinajstić information content (AvgIpc) is 3.10. The average molecular weight is 497 g/mol. The molecule has 1 unspecified atom stereocenters. The van der Waals surface area contributed by atoms with Crippen molar-refractivity contribution in [1.29, 1.82) is 0 Å². The summed E-state index contributed by atoms with van der Waals surface area (Å²) in [5.74, 6) is -3.49. The van der Waals surface area contributed by atoms with Gasteiger partial charge in [0, 0.05) is 19.2 Å². The number of esters is 1. The molecular weight excluding hydrogens is 470 g/mol. The van der Waals surface area contributed by atoms with E-state index >= 15 is 0 Å². The number of hydrogen-bond donors (Lipinski definition) is 1. The topological polar surface area (TPSA) is 102 Å². The summed E-state index contributed by atoms with van der Waals surface area (Å²) in [6.07, 6.45) is 2.02. The van der Waals surface area contributed by atoms with Crippen LogP contribution in [-0.2, 0) is 19.6 Å². The van der Waals surface area contributed by atoms with Crippen LogP contribution in [0.4, 0.5) is 14.5 Å². The number of carbonyl (C=O) groups excluding carboxylic acids is 2. The van der Waals surface area contributed by atoms with Gasteiger partial charge in [-0.1, -0.05) is 12.8 Å². The second-order valence-electron chi connectivity index (χ2n) is 7.84. The van der Waals surface area contributed by atoms with Gasteiger partial charge in [0.05, 0.1) is 18.4 Å². The molecule has 0 spiro atoms. The van der Waals surface area contributed by atoms with Gasteiger partial charge in [-0.25, -0.2) is 22.0 Å². The Kier molecular flexibility index (Phi) is 8.21. The minimum absolute atomic E-state index is 0.0818. The summed E-state index contributed by atoms with van der Waals surface area (Å²) in [5.41, 5.74) is -0.369. The fourth-order valence-corrected chi connectivity index (χ4v) is 5.23. The lowest BCUT2D eigenvalue weighted by atomic mass is 10.2. The van der Waals surface area contributed by atoms with Crippen molar-refractivity contribution < 1.29 is 36.3 Å². The number of nitrogens with one attached hydrogen (secondary N) is 1. The Hall–Kier alpha value is -3.05. The van der Waals surface area contributed by atoms with Crippen molar-refractivity contribution in [1.82, 2.24) is 4.31 Å². The molecule has 0 aliphatic carbocycles. The molecule has 34 heavy (non-hydrogen) atoms. The molecule has 184 valence electrons. The van der Waals surface area contributed by atoms with Crippen molar-refractivity contribution in [3.8, 4) is 5.75 Å². The molecule has 1 atom stereocenters. The van der Waals surface area contributed by atoms with Crippen molar-refractivity contribution in [3.63, 3.8) is 0 Å². The standard InChI is InChI=1S/C23H26F2N2O6S/c1-15(22(28)26-19-9-8-17(24)14-18(19)25)33-23(29)16-7-10-20(32-2)21(13-16)34(30,31)27-11-5-3-4-6-12-27/h7-10,13-15H,3-6,11-12H2,1-2H3,(H,26,28). The molecule has 8 nitrogen and oxygen atoms in total. The van der Waals surface area contributed by atoms with Crippen molar-refractivity contribution in [2.24, 2.45) is 0 Å². The molecule has 0 bridgehead atoms. The summed E-state index contributed by atoms with van der Waals surface area (Å²) in [6.45, 7) is 2.02. The Labute approximate surface area is 196 Å². The van der Waals surface area contributed by atoms with Crippen LogP contribution in [0.25, 0.3) is 0 Å². The maximum atomic E-state index is 13.8. The van der Waals surface area contributed by atoms with Gasteiger partial charge in [0.25, 0.3) is 5.91 Å². The molecule has 1 amide bonds. The highest BCUT2D eigenvalue weighted by molar-refractivity contribution is 7.89. The monoisotopic (exact) mass is 496 g/mol. The van der Waals surface area contributed by atoms with E-state index < -0.39 is 39.6 Å². The van der Waals surface area contributed by atoms with Gasteiger partial charge in [0.1, 0.15) is 22.3 Å². The van der Waals surface area contributed by atoms with Crippen LogP contribution in [0, 0.1) is 11.6 Å². The first-order valence-electron chi connectivity index (χ1n) is 10.8. The highest BCUT2D eigenvalue weighted by Crippen LogP contribution is 2.30. The number of rotatable bonds is 7. The van der Waals surface area contributed by atoms with Crippen LogP contribution < -0.4 is 10.1 Å². The Morgan fingerprint density at radius 2 is 1.71 bits per heavy atom. The van der Waals surface area contributed by atoms with Gasteiger partial charge in [0.15, 0.2) is 6.10 Å². The molecule has 1 saturated heterocycles. The summed E-state index contributed by atoms with van der Waals surface area (Å²) in [4.78, 5) is 24.8. The fraction of sp³-hybridized carbons (Fsp3) is 0.391. The summed E-state index contributed by atoms with van der Waals surface area (Å²) in [7, 11) is -2.60. The molecule has 3 rings (SSSR count). The Morgan fingerprint density at radius 3 is 2.32 bits per heavy atom. The molecule has 1 heterocycles. The number of anilines is 1. The number of methoxy groups -OCH3 is 1. The normalized spacial score (nSPS) is 15.8. The van der Waals surface area contributed by atoms with Gasteiger partial charge in [-0.3, -0.25) is 4.79 Å². The van der Waals surface area contributed by atoms with Crippen LogP contribution in [0.1, 0.15) is 43.0 Å². The minimum Gasteiger partial charge on any atom is -0.495 e. The van der Waals surface area contributed by atoms with Crippen molar-refractivity contribution >= 4 is 27.6 Å². The van der Waals surface area contributed by atoms with E-state index in [1.807, 2.05) is 0 Å². The zero-order valence-corrected chi connectivity index (χ0v) is 19.7. The van der Waals surface area contributed by atoms with Gasteiger partial charge in [-0.05, 0) is 50.1 Å². The number of carbonyl (C=O) groups is 2. The van der Waals surface area contributed by atoms with Gasteiger partial charge in [0.2, 0.25) is 10.0 Å². The fourth-order valence-electron chi connectivity index (χ4n) is 3.53. The van der Waals surface area contributed by atoms with E-state index in [1.165, 1.54) is 30.5 Å². The van der Waals surface area contributed by atoms with E-state index in [0.717, 1.165) is 43.9 Å². The van der Waals surface area contributed by atoms with E-state index in [0.29, 0.717) is 19.2 Å². The molecule has 1 fully saturated rings. The first-order valence-corrected chi connectivity index (χ1v) is 12.2. The molecule has 1 aliphatic heterocycles. The van der Waals surface area contributed by atoms with Crippen LogP contribution >= 0.6 is 0 Å². The largest absolute Gasteiger partial charge is 0.495 e. The van der Waals surface area contributed by atoms with E-state index in [4.69, 9.17) is 9.47 Å². The molecule has 1 N–H and O–H groups in total. The molecule has 1 aliphatic rings. The lowest BCUT2D eigenvalue weighted by Crippen LogP contribution is -2.32. The summed E-state index contributed by atoms with van der Waals surface area (Å²) in [6, 6.07) is 6.45. The predicted octanol–water partition coefficient (Wildman–Crippen LogP) is 3.72. The van der Waals surface area contributed by atoms with E-state index in [1.54, 1.807) is 0 Å². The molecule has 11 heteroatoms. The third-order valence-electron chi connectivity index (χ3n) is 5.42.